The van der Waals surface area contributed by atoms with E-state index in [9.17, 15) is 30.4 Å². The van der Waals surface area contributed by atoms with Crippen LogP contribution in [0.4, 0.5) is 10.5 Å². The fourth-order valence-electron chi connectivity index (χ4n) is 12.3. The first kappa shape index (κ1) is 59.7. The molecular weight excluding hydrogens is 1020 g/mol. The number of ether oxygens (including phenoxy) is 3. The summed E-state index contributed by atoms with van der Waals surface area (Å²) in [5, 5.41) is 51.6. The highest BCUT2D eigenvalue weighted by Gasteiger charge is 2.65. The molecule has 1 aliphatic heterocycles. The van der Waals surface area contributed by atoms with E-state index in [-0.39, 0.29) is 62.8 Å². The van der Waals surface area contributed by atoms with Gasteiger partial charge >= 0.3 is 6.09 Å². The molecule has 3 aliphatic rings. The fourth-order valence-corrected chi connectivity index (χ4v) is 12.3. The Kier molecular flexibility index (Phi) is 22.0. The number of nitro benzene ring substituents is 1. The zero-order valence-electron chi connectivity index (χ0n) is 46.9. The lowest BCUT2D eigenvalue weighted by Gasteiger charge is -2.60. The summed E-state index contributed by atoms with van der Waals surface area (Å²) < 4.78 is 20.9. The quantitative estimate of drug-likeness (QED) is 0.0165. The number of aliphatic hydroxyl groups excluding tert-OH is 2. The zero-order chi connectivity index (χ0) is 57.0. The number of nitriles is 1. The van der Waals surface area contributed by atoms with Gasteiger partial charge in [0.25, 0.3) is 11.6 Å². The van der Waals surface area contributed by atoms with Crippen molar-refractivity contribution < 1.29 is 43.8 Å². The van der Waals surface area contributed by atoms with Crippen LogP contribution in [0.1, 0.15) is 155 Å². The van der Waals surface area contributed by atoms with E-state index in [4.69, 9.17) is 24.2 Å². The fraction of sp³-hybridized carbons (Fsp3) is 0.455. The number of benzene rings is 5. The molecule has 1 fully saturated rings. The van der Waals surface area contributed by atoms with Crippen LogP contribution >= 0.6 is 0 Å². The van der Waals surface area contributed by atoms with Crippen LogP contribution in [-0.2, 0) is 22.7 Å². The zero-order valence-corrected chi connectivity index (χ0v) is 46.9. The second-order valence-electron chi connectivity index (χ2n) is 21.7. The summed E-state index contributed by atoms with van der Waals surface area (Å²) in [5.74, 6) is -2.41. The van der Waals surface area contributed by atoms with Gasteiger partial charge in [0, 0.05) is 61.9 Å². The molecule has 5 aromatic rings. The van der Waals surface area contributed by atoms with E-state index >= 15 is 4.79 Å². The molecule has 81 heavy (non-hydrogen) atoms. The number of amides is 2. The number of rotatable bonds is 31. The molecule has 6 atom stereocenters. The van der Waals surface area contributed by atoms with Crippen molar-refractivity contribution in [2.75, 3.05) is 26.4 Å². The number of hydrogen-bond donors (Lipinski definition) is 3. The summed E-state index contributed by atoms with van der Waals surface area (Å²) in [5.41, 5.74) is 4.37. The number of allylic oxidation sites excluding steroid dienone is 1. The average molecular weight is 1100 g/mol. The summed E-state index contributed by atoms with van der Waals surface area (Å²) in [6.45, 7) is 7.00. The van der Waals surface area contributed by atoms with Gasteiger partial charge in [0.1, 0.15) is 24.1 Å². The smallest absolute Gasteiger partial charge is 0.412 e. The molecule has 0 saturated heterocycles. The van der Waals surface area contributed by atoms with Gasteiger partial charge in [-0.2, -0.15) is 5.26 Å². The highest BCUT2D eigenvalue weighted by atomic mass is 16.7. The monoisotopic (exact) mass is 1100 g/mol. The molecular formula is C66H79N5O10. The van der Waals surface area contributed by atoms with E-state index in [0.29, 0.717) is 66.1 Å². The topological polar surface area (TPSA) is 206 Å². The molecule has 6 unspecified atom stereocenters. The van der Waals surface area contributed by atoms with Crippen LogP contribution in [0, 0.1) is 39.2 Å². The Morgan fingerprint density at radius 3 is 2.28 bits per heavy atom. The number of carbonyl (C=O) groups excluding carboxylic acids is 2. The molecule has 5 aromatic carbocycles. The SMILES string of the molecule is C=CCOC12Oc3ccc(OC(=O)NCCCCCCCCCCCC)cc3C3C(CCCCO)C(CCCCO)C=C(C(=NOCc4ccc([N+](=O)[O-])cc4)CC1N(Cc1cccc4ccccc14)C(=O)c1ccc(C#N)cc1)C32. The van der Waals surface area contributed by atoms with Gasteiger partial charge in [0.15, 0.2) is 0 Å². The van der Waals surface area contributed by atoms with Crippen molar-refractivity contribution in [1.82, 2.24) is 10.2 Å². The molecule has 0 spiro atoms. The molecule has 0 radical (unpaired) electrons. The number of nitrogens with one attached hydrogen (secondary N) is 1. The third kappa shape index (κ3) is 15.0. The molecule has 428 valence electrons. The molecule has 15 heteroatoms. The van der Waals surface area contributed by atoms with Gasteiger partial charge in [-0.25, -0.2) is 4.79 Å². The molecule has 3 N–H and O–H groups in total. The van der Waals surface area contributed by atoms with Crippen molar-refractivity contribution in [2.45, 2.75) is 147 Å². The molecule has 1 heterocycles. The minimum Gasteiger partial charge on any atom is -0.459 e. The predicted octanol–water partition coefficient (Wildman–Crippen LogP) is 13.8. The number of fused-ring (bicyclic) bond motifs is 3. The molecule has 2 aliphatic carbocycles. The van der Waals surface area contributed by atoms with Crippen LogP contribution in [0.3, 0.4) is 0 Å². The van der Waals surface area contributed by atoms with E-state index in [2.05, 4.69) is 31.0 Å². The Morgan fingerprint density at radius 1 is 0.877 bits per heavy atom. The highest BCUT2D eigenvalue weighted by Crippen LogP contribution is 2.62. The van der Waals surface area contributed by atoms with Crippen molar-refractivity contribution in [3.8, 4) is 17.6 Å². The lowest BCUT2D eigenvalue weighted by molar-refractivity contribution is -0.384. The maximum absolute atomic E-state index is 15.8. The Balaban J connectivity index is 1.25. The van der Waals surface area contributed by atoms with Gasteiger partial charge in [0.05, 0.1) is 34.8 Å². The Morgan fingerprint density at radius 2 is 1.58 bits per heavy atom. The first-order chi connectivity index (χ1) is 39.6. The average Bonchev–Trinajstić information content (AvgIpc) is 1.60. The standard InChI is InChI=1S/C66H79N5O10/c1-3-5-6-7-8-9-10-11-12-17-37-68-65(75)80-54-35-36-60-58(42-54)62-56(26-16-19-39-73)51(22-15-18-38-72)41-57-59(69-79-46-48-29-33-53(34-30-48)71(76)77)43-61(66(81-60,63(57)62)78-40-4-2)70(64(74)50-31-27-47(44-67)28-32-50)45-52-24-20-23-49-21-13-14-25-55(49)52/h4,13-14,20-21,23-25,27-36,41-42,51,56,61-63,72-73H,2-3,5-12,15-19,22,26,37-40,43,45-46H2,1H3,(H,68,75). The summed E-state index contributed by atoms with van der Waals surface area (Å²) in [7, 11) is 0. The maximum atomic E-state index is 15.8. The van der Waals surface area contributed by atoms with E-state index in [1.807, 2.05) is 59.5 Å². The molecule has 8 rings (SSSR count). The maximum Gasteiger partial charge on any atom is 0.412 e. The van der Waals surface area contributed by atoms with Crippen LogP contribution in [0.2, 0.25) is 0 Å². The second kappa shape index (κ2) is 29.9. The largest absolute Gasteiger partial charge is 0.459 e. The minimum atomic E-state index is -1.62. The number of hydrogen-bond acceptors (Lipinski definition) is 12. The summed E-state index contributed by atoms with van der Waals surface area (Å²) >= 11 is 0. The van der Waals surface area contributed by atoms with Crippen molar-refractivity contribution in [1.29, 1.82) is 5.26 Å². The van der Waals surface area contributed by atoms with Crippen LogP contribution in [0.15, 0.2) is 139 Å². The summed E-state index contributed by atoms with van der Waals surface area (Å²) in [6, 6.07) is 33.4. The number of aliphatic hydroxyl groups is 2. The number of nitrogens with zero attached hydrogens (tertiary/aromatic N) is 4. The van der Waals surface area contributed by atoms with E-state index in [1.165, 1.54) is 57.1 Å². The Bertz CT molecular complexity index is 3000. The lowest BCUT2D eigenvalue weighted by atomic mass is 9.55. The van der Waals surface area contributed by atoms with Crippen molar-refractivity contribution in [3.05, 3.63) is 171 Å². The number of carbonyl (C=O) groups is 2. The van der Waals surface area contributed by atoms with Crippen LogP contribution in [0.5, 0.6) is 11.5 Å². The normalized spacial score (nSPS) is 20.2. The molecule has 0 bridgehead atoms. The first-order valence-corrected chi connectivity index (χ1v) is 29.3. The highest BCUT2D eigenvalue weighted by molar-refractivity contribution is 6.03. The van der Waals surface area contributed by atoms with Gasteiger partial charge in [-0.15, -0.1) is 6.58 Å². The van der Waals surface area contributed by atoms with Crippen molar-refractivity contribution in [2.24, 2.45) is 22.9 Å². The summed E-state index contributed by atoms with van der Waals surface area (Å²) in [6.07, 6.45) is 19.3. The van der Waals surface area contributed by atoms with Gasteiger partial charge in [-0.05, 0) is 126 Å². The summed E-state index contributed by atoms with van der Waals surface area (Å²) in [4.78, 5) is 48.6. The number of nitro groups is 1. The Hall–Kier alpha value is -7.38. The van der Waals surface area contributed by atoms with Crippen molar-refractivity contribution in [3.63, 3.8) is 0 Å². The van der Waals surface area contributed by atoms with Crippen LogP contribution in [-0.4, -0.2) is 75.9 Å². The minimum absolute atomic E-state index is 0.0134. The molecule has 0 aromatic heterocycles. The van der Waals surface area contributed by atoms with Crippen LogP contribution < -0.4 is 14.8 Å². The third-order valence-electron chi connectivity index (χ3n) is 16.3. The molecule has 15 nitrogen and oxygen atoms in total. The van der Waals surface area contributed by atoms with Gasteiger partial charge in [-0.1, -0.05) is 137 Å². The Labute approximate surface area is 476 Å². The van der Waals surface area contributed by atoms with Crippen molar-refractivity contribution >= 4 is 34.2 Å². The lowest BCUT2D eigenvalue weighted by Crippen LogP contribution is -2.70. The van der Waals surface area contributed by atoms with Crippen LogP contribution in [0.25, 0.3) is 10.8 Å². The third-order valence-corrected chi connectivity index (χ3v) is 16.3. The molecule has 1 saturated carbocycles. The van der Waals surface area contributed by atoms with E-state index < -0.39 is 34.7 Å². The van der Waals surface area contributed by atoms with Gasteiger partial charge in [0.2, 0.25) is 5.79 Å². The van der Waals surface area contributed by atoms with Gasteiger partial charge < -0.3 is 39.5 Å². The number of oxime groups is 1. The number of unbranched alkanes of at least 4 members (excludes halogenated alkanes) is 11. The van der Waals surface area contributed by atoms with E-state index in [0.717, 1.165) is 59.6 Å². The van der Waals surface area contributed by atoms with Gasteiger partial charge in [-0.3, -0.25) is 14.9 Å². The predicted molar refractivity (Wildman–Crippen MR) is 314 cm³/mol. The number of non-ortho nitro benzene ring substituents is 1. The second-order valence-corrected chi connectivity index (χ2v) is 21.7. The van der Waals surface area contributed by atoms with E-state index in [1.54, 1.807) is 48.5 Å². The molecule has 2 amide bonds. The first-order valence-electron chi connectivity index (χ1n) is 29.3.